The molecule has 0 fully saturated rings. The van der Waals surface area contributed by atoms with Crippen LogP contribution >= 0.6 is 11.3 Å². The number of thiophene rings is 1. The fourth-order valence-corrected chi connectivity index (χ4v) is 2.48. The van der Waals surface area contributed by atoms with Crippen molar-refractivity contribution in [1.29, 1.82) is 0 Å². The van der Waals surface area contributed by atoms with Gasteiger partial charge in [0.1, 0.15) is 11.5 Å². The van der Waals surface area contributed by atoms with E-state index < -0.39 is 12.4 Å². The Morgan fingerprint density at radius 1 is 1.25 bits per heavy atom. The zero-order chi connectivity index (χ0) is 14.8. The van der Waals surface area contributed by atoms with Gasteiger partial charge in [-0.25, -0.2) is 0 Å². The highest BCUT2D eigenvalue weighted by Gasteiger charge is 2.31. The third-order valence-electron chi connectivity index (χ3n) is 2.67. The quantitative estimate of drug-likeness (QED) is 0.936. The fraction of sp³-hybridized carbons (Fsp3) is 0.231. The van der Waals surface area contributed by atoms with Crippen molar-refractivity contribution >= 4 is 11.3 Å². The maximum absolute atomic E-state index is 12.2. The summed E-state index contributed by atoms with van der Waals surface area (Å²) in [5, 5.41) is 3.68. The third kappa shape index (κ3) is 3.43. The van der Waals surface area contributed by atoms with Gasteiger partial charge in [0.15, 0.2) is 0 Å². The number of ether oxygens (including phenoxy) is 2. The van der Waals surface area contributed by atoms with Crippen molar-refractivity contribution in [3.8, 4) is 11.5 Å². The molecule has 0 saturated heterocycles. The predicted octanol–water partition coefficient (Wildman–Crippen LogP) is 3.70. The Morgan fingerprint density at radius 3 is 2.55 bits per heavy atom. The second-order valence-electron chi connectivity index (χ2n) is 3.99. The van der Waals surface area contributed by atoms with Crippen molar-refractivity contribution < 1.29 is 22.6 Å². The van der Waals surface area contributed by atoms with E-state index in [9.17, 15) is 13.2 Å². The largest absolute Gasteiger partial charge is 0.573 e. The molecule has 0 aliphatic carbocycles. The molecule has 3 nitrogen and oxygen atoms in total. The van der Waals surface area contributed by atoms with E-state index in [2.05, 4.69) is 4.74 Å². The van der Waals surface area contributed by atoms with Gasteiger partial charge < -0.3 is 15.2 Å². The number of hydrogen-bond donors (Lipinski definition) is 1. The van der Waals surface area contributed by atoms with Crippen LogP contribution in [0.3, 0.4) is 0 Å². The number of hydrogen-bond acceptors (Lipinski definition) is 4. The number of alkyl halides is 3. The number of halogens is 3. The molecule has 0 amide bonds. The summed E-state index contributed by atoms with van der Waals surface area (Å²) in [6.45, 7) is 0. The molecule has 1 atom stereocenters. The molecule has 1 heterocycles. The topological polar surface area (TPSA) is 44.5 Å². The first kappa shape index (κ1) is 14.7. The molecule has 0 bridgehead atoms. The summed E-state index contributed by atoms with van der Waals surface area (Å²) in [6.07, 6.45) is -4.74. The molecule has 0 aliphatic rings. The minimum atomic E-state index is -4.74. The highest BCUT2D eigenvalue weighted by Crippen LogP contribution is 2.34. The highest BCUT2D eigenvalue weighted by atomic mass is 32.1. The molecule has 0 unspecified atom stereocenters. The van der Waals surface area contributed by atoms with Gasteiger partial charge in [0.25, 0.3) is 0 Å². The van der Waals surface area contributed by atoms with E-state index >= 15 is 0 Å². The second-order valence-corrected chi connectivity index (χ2v) is 4.77. The van der Waals surface area contributed by atoms with Crippen molar-refractivity contribution in [3.63, 3.8) is 0 Å². The number of methoxy groups -OCH3 is 1. The SMILES string of the molecule is COc1ccc(OC(F)(F)F)cc1[C@@H](N)c1ccsc1. The van der Waals surface area contributed by atoms with Crippen LogP contribution in [0, 0.1) is 0 Å². The fourth-order valence-electron chi connectivity index (χ4n) is 1.78. The molecule has 2 rings (SSSR count). The van der Waals surface area contributed by atoms with E-state index in [1.807, 2.05) is 16.8 Å². The first-order valence-corrected chi connectivity index (χ1v) is 6.56. The Balaban J connectivity index is 2.36. The average Bonchev–Trinajstić information content (AvgIpc) is 2.89. The summed E-state index contributed by atoms with van der Waals surface area (Å²) in [4.78, 5) is 0. The normalized spacial score (nSPS) is 13.1. The Hall–Kier alpha value is -1.73. The van der Waals surface area contributed by atoms with Crippen LogP contribution in [0.2, 0.25) is 0 Å². The predicted molar refractivity (Wildman–Crippen MR) is 70.0 cm³/mol. The standard InChI is InChI=1S/C13H12F3NO2S/c1-18-11-3-2-9(19-13(14,15)16)6-10(11)12(17)8-4-5-20-7-8/h2-7,12H,17H2,1H3/t12-/m0/s1. The van der Waals surface area contributed by atoms with Crippen LogP contribution < -0.4 is 15.2 Å². The molecule has 0 radical (unpaired) electrons. The summed E-state index contributed by atoms with van der Waals surface area (Å²) in [5.41, 5.74) is 7.30. The lowest BCUT2D eigenvalue weighted by Crippen LogP contribution is -2.18. The molecule has 7 heteroatoms. The van der Waals surface area contributed by atoms with E-state index in [0.717, 1.165) is 5.56 Å². The van der Waals surface area contributed by atoms with Crippen LogP contribution in [0.4, 0.5) is 13.2 Å². The monoisotopic (exact) mass is 303 g/mol. The molecule has 2 N–H and O–H groups in total. The maximum atomic E-state index is 12.2. The molecule has 1 aromatic carbocycles. The van der Waals surface area contributed by atoms with Gasteiger partial charge in [-0.3, -0.25) is 0 Å². The van der Waals surface area contributed by atoms with E-state index in [1.165, 1.54) is 36.6 Å². The summed E-state index contributed by atoms with van der Waals surface area (Å²) >= 11 is 1.46. The second kappa shape index (κ2) is 5.72. The number of benzene rings is 1. The molecule has 0 aliphatic heterocycles. The number of rotatable bonds is 4. The van der Waals surface area contributed by atoms with Crippen molar-refractivity contribution in [1.82, 2.24) is 0 Å². The molecule has 0 spiro atoms. The van der Waals surface area contributed by atoms with Gasteiger partial charge >= 0.3 is 6.36 Å². The summed E-state index contributed by atoms with van der Waals surface area (Å²) in [5.74, 6) is 0.0946. The molecule has 2 aromatic rings. The van der Waals surface area contributed by atoms with Crippen molar-refractivity contribution in [2.45, 2.75) is 12.4 Å². The zero-order valence-electron chi connectivity index (χ0n) is 10.5. The van der Waals surface area contributed by atoms with Gasteiger partial charge in [0.2, 0.25) is 0 Å². The van der Waals surface area contributed by atoms with Crippen LogP contribution in [-0.4, -0.2) is 13.5 Å². The molecule has 108 valence electrons. The lowest BCUT2D eigenvalue weighted by molar-refractivity contribution is -0.274. The molecule has 0 saturated carbocycles. The number of nitrogens with two attached hydrogens (primary N) is 1. The summed E-state index contributed by atoms with van der Waals surface area (Å²) < 4.78 is 45.8. The van der Waals surface area contributed by atoms with Gasteiger partial charge in [-0.2, -0.15) is 11.3 Å². The Morgan fingerprint density at radius 2 is 2.00 bits per heavy atom. The first-order chi connectivity index (χ1) is 9.40. The average molecular weight is 303 g/mol. The van der Waals surface area contributed by atoms with Crippen molar-refractivity contribution in [3.05, 3.63) is 46.2 Å². The Bertz CT molecular complexity index is 569. The van der Waals surface area contributed by atoms with E-state index in [4.69, 9.17) is 10.5 Å². The Kier molecular flexibility index (Phi) is 4.20. The molecule has 1 aromatic heterocycles. The van der Waals surface area contributed by atoms with E-state index in [-0.39, 0.29) is 5.75 Å². The van der Waals surface area contributed by atoms with Gasteiger partial charge in [-0.05, 0) is 40.6 Å². The Labute approximate surface area is 117 Å². The van der Waals surface area contributed by atoms with Gasteiger partial charge in [-0.1, -0.05) is 0 Å². The van der Waals surface area contributed by atoms with E-state index in [0.29, 0.717) is 11.3 Å². The maximum Gasteiger partial charge on any atom is 0.573 e. The van der Waals surface area contributed by atoms with Crippen LogP contribution in [-0.2, 0) is 0 Å². The summed E-state index contributed by atoms with van der Waals surface area (Å²) in [6, 6.07) is 5.08. The molecule has 20 heavy (non-hydrogen) atoms. The van der Waals surface area contributed by atoms with Gasteiger partial charge in [0.05, 0.1) is 13.2 Å². The van der Waals surface area contributed by atoms with Crippen LogP contribution in [0.25, 0.3) is 0 Å². The smallest absolute Gasteiger partial charge is 0.496 e. The molecular weight excluding hydrogens is 291 g/mol. The van der Waals surface area contributed by atoms with Crippen LogP contribution in [0.5, 0.6) is 11.5 Å². The van der Waals surface area contributed by atoms with Gasteiger partial charge in [0, 0.05) is 5.56 Å². The van der Waals surface area contributed by atoms with E-state index in [1.54, 1.807) is 0 Å². The van der Waals surface area contributed by atoms with Crippen molar-refractivity contribution in [2.75, 3.05) is 7.11 Å². The van der Waals surface area contributed by atoms with Crippen LogP contribution in [0.15, 0.2) is 35.0 Å². The lowest BCUT2D eigenvalue weighted by Gasteiger charge is -2.17. The zero-order valence-corrected chi connectivity index (χ0v) is 11.3. The lowest BCUT2D eigenvalue weighted by atomic mass is 10.0. The van der Waals surface area contributed by atoms with Gasteiger partial charge in [-0.15, -0.1) is 13.2 Å². The molecular formula is C13H12F3NO2S. The minimum Gasteiger partial charge on any atom is -0.496 e. The highest BCUT2D eigenvalue weighted by molar-refractivity contribution is 7.08. The first-order valence-electron chi connectivity index (χ1n) is 5.62. The minimum absolute atomic E-state index is 0.320. The third-order valence-corrected chi connectivity index (χ3v) is 3.37. The van der Waals surface area contributed by atoms with Crippen LogP contribution in [0.1, 0.15) is 17.2 Å². The summed E-state index contributed by atoms with van der Waals surface area (Å²) in [7, 11) is 1.43. The van der Waals surface area contributed by atoms with Crippen molar-refractivity contribution in [2.24, 2.45) is 5.73 Å².